The number of piperidine rings is 1. The smallest absolute Gasteiger partial charge is 0.0797 e. The fourth-order valence-electron chi connectivity index (χ4n) is 2.81. The van der Waals surface area contributed by atoms with Gasteiger partial charge in [-0.25, -0.2) is 0 Å². The van der Waals surface area contributed by atoms with Crippen molar-refractivity contribution in [2.75, 3.05) is 60.4 Å². The van der Waals surface area contributed by atoms with E-state index in [0.717, 1.165) is 6.04 Å². The summed E-state index contributed by atoms with van der Waals surface area (Å²) < 4.78 is 1.23. The fraction of sp³-hybridized carbons (Fsp3) is 1.00. The Labute approximate surface area is 94.2 Å². The number of hydrogen-bond acceptors (Lipinski definition) is 2. The first-order valence-corrected chi connectivity index (χ1v) is 6.31. The fourth-order valence-corrected chi connectivity index (χ4v) is 2.81. The number of piperazine rings is 1. The van der Waals surface area contributed by atoms with Gasteiger partial charge in [0.2, 0.25) is 0 Å². The van der Waals surface area contributed by atoms with Gasteiger partial charge in [-0.3, -0.25) is 4.90 Å². The van der Waals surface area contributed by atoms with Crippen LogP contribution < -0.4 is 0 Å². The van der Waals surface area contributed by atoms with E-state index in [9.17, 15) is 0 Å². The quantitative estimate of drug-likeness (QED) is 0.583. The minimum absolute atomic E-state index is 0.879. The molecule has 0 bridgehead atoms. The lowest BCUT2D eigenvalue weighted by atomic mass is 10.0. The van der Waals surface area contributed by atoms with Crippen molar-refractivity contribution in [3.05, 3.63) is 0 Å². The first kappa shape index (κ1) is 11.4. The normalized spacial score (nSPS) is 30.6. The third kappa shape index (κ3) is 2.92. The highest BCUT2D eigenvalue weighted by molar-refractivity contribution is 4.79. The SMILES string of the molecule is CN1CCN(C2CC[N+](C)(C)CC2)CC1. The molecule has 0 aliphatic carbocycles. The largest absolute Gasteiger partial charge is 0.328 e. The van der Waals surface area contributed by atoms with E-state index in [1.807, 2.05) is 0 Å². The summed E-state index contributed by atoms with van der Waals surface area (Å²) in [6.07, 6.45) is 2.80. The van der Waals surface area contributed by atoms with Crippen molar-refractivity contribution >= 4 is 0 Å². The van der Waals surface area contributed by atoms with Gasteiger partial charge in [-0.1, -0.05) is 0 Å². The molecule has 0 aromatic heterocycles. The molecule has 2 fully saturated rings. The standard InChI is InChI=1S/C12H26N3/c1-13-6-8-14(9-7-13)12-4-10-15(2,3)11-5-12/h12H,4-11H2,1-3H3/q+1. The number of likely N-dealkylation sites (N-methyl/N-ethyl adjacent to an activating group) is 1. The van der Waals surface area contributed by atoms with Gasteiger partial charge in [0, 0.05) is 45.1 Å². The molecule has 2 heterocycles. The molecule has 3 heteroatoms. The third-order valence-electron chi connectivity index (χ3n) is 4.19. The highest BCUT2D eigenvalue weighted by atomic mass is 15.3. The molecule has 0 atom stereocenters. The lowest BCUT2D eigenvalue weighted by molar-refractivity contribution is -0.895. The van der Waals surface area contributed by atoms with Gasteiger partial charge in [0.1, 0.15) is 0 Å². The topological polar surface area (TPSA) is 6.48 Å². The van der Waals surface area contributed by atoms with Crippen LogP contribution in [0.1, 0.15) is 12.8 Å². The zero-order valence-corrected chi connectivity index (χ0v) is 10.6. The van der Waals surface area contributed by atoms with Crippen molar-refractivity contribution in [2.45, 2.75) is 18.9 Å². The Morgan fingerprint density at radius 1 is 0.933 bits per heavy atom. The molecule has 0 N–H and O–H groups in total. The Morgan fingerprint density at radius 3 is 2.00 bits per heavy atom. The van der Waals surface area contributed by atoms with Gasteiger partial charge in [-0.2, -0.15) is 0 Å². The maximum atomic E-state index is 2.72. The molecule has 15 heavy (non-hydrogen) atoms. The molecule has 0 aromatic rings. The number of rotatable bonds is 1. The number of likely N-dealkylation sites (tertiary alicyclic amines) is 1. The third-order valence-corrected chi connectivity index (χ3v) is 4.19. The van der Waals surface area contributed by atoms with Crippen LogP contribution in [0.3, 0.4) is 0 Å². The average molecular weight is 212 g/mol. The summed E-state index contributed by atoms with van der Waals surface area (Å²) in [5.41, 5.74) is 0. The van der Waals surface area contributed by atoms with E-state index in [4.69, 9.17) is 0 Å². The van der Waals surface area contributed by atoms with Gasteiger partial charge < -0.3 is 9.38 Å². The Kier molecular flexibility index (Phi) is 3.33. The lowest BCUT2D eigenvalue weighted by Crippen LogP contribution is -2.55. The van der Waals surface area contributed by atoms with E-state index in [2.05, 4.69) is 30.9 Å². The molecule has 0 aromatic carbocycles. The van der Waals surface area contributed by atoms with E-state index >= 15 is 0 Å². The summed E-state index contributed by atoms with van der Waals surface area (Å²) in [4.78, 5) is 5.17. The van der Waals surface area contributed by atoms with Gasteiger partial charge in [-0.15, -0.1) is 0 Å². The van der Waals surface area contributed by atoms with Crippen LogP contribution in [0.5, 0.6) is 0 Å². The van der Waals surface area contributed by atoms with Crippen LogP contribution in [-0.4, -0.2) is 80.7 Å². The zero-order valence-electron chi connectivity index (χ0n) is 10.6. The molecule has 88 valence electrons. The van der Waals surface area contributed by atoms with Gasteiger partial charge >= 0.3 is 0 Å². The van der Waals surface area contributed by atoms with Gasteiger partial charge in [0.25, 0.3) is 0 Å². The van der Waals surface area contributed by atoms with Crippen molar-refractivity contribution in [3.8, 4) is 0 Å². The molecule has 0 saturated carbocycles. The predicted octanol–water partition coefficient (Wildman–Crippen LogP) is 0.473. The zero-order chi connectivity index (χ0) is 10.9. The van der Waals surface area contributed by atoms with Gasteiger partial charge in [0.15, 0.2) is 0 Å². The molecule has 2 rings (SSSR count). The first-order valence-electron chi connectivity index (χ1n) is 6.31. The molecular formula is C12H26N3+. The van der Waals surface area contributed by atoms with Crippen LogP contribution in [0.25, 0.3) is 0 Å². The Morgan fingerprint density at radius 2 is 1.47 bits per heavy atom. The van der Waals surface area contributed by atoms with Crippen LogP contribution in [-0.2, 0) is 0 Å². The molecular weight excluding hydrogens is 186 g/mol. The van der Waals surface area contributed by atoms with Gasteiger partial charge in [-0.05, 0) is 7.05 Å². The van der Waals surface area contributed by atoms with Crippen LogP contribution >= 0.6 is 0 Å². The second-order valence-electron chi connectivity index (χ2n) is 5.95. The maximum absolute atomic E-state index is 2.72. The van der Waals surface area contributed by atoms with E-state index in [1.165, 1.54) is 56.6 Å². The predicted molar refractivity (Wildman–Crippen MR) is 63.9 cm³/mol. The van der Waals surface area contributed by atoms with Crippen LogP contribution in [0.2, 0.25) is 0 Å². The van der Waals surface area contributed by atoms with Crippen molar-refractivity contribution in [3.63, 3.8) is 0 Å². The summed E-state index contributed by atoms with van der Waals surface area (Å²) >= 11 is 0. The number of quaternary nitrogens is 1. The number of hydrogen-bond donors (Lipinski definition) is 0. The number of nitrogens with zero attached hydrogens (tertiary/aromatic N) is 3. The highest BCUT2D eigenvalue weighted by Gasteiger charge is 2.30. The summed E-state index contributed by atoms with van der Waals surface area (Å²) in [5.74, 6) is 0. The monoisotopic (exact) mass is 212 g/mol. The molecule has 3 nitrogen and oxygen atoms in total. The lowest BCUT2D eigenvalue weighted by Gasteiger charge is -2.43. The van der Waals surface area contributed by atoms with E-state index in [-0.39, 0.29) is 0 Å². The van der Waals surface area contributed by atoms with Crippen LogP contribution in [0, 0.1) is 0 Å². The molecule has 2 saturated heterocycles. The average Bonchev–Trinajstić information content (AvgIpc) is 2.20. The molecule has 0 spiro atoms. The summed E-state index contributed by atoms with van der Waals surface area (Å²) in [6.45, 7) is 7.81. The molecule has 2 aliphatic heterocycles. The van der Waals surface area contributed by atoms with E-state index < -0.39 is 0 Å². The second-order valence-corrected chi connectivity index (χ2v) is 5.95. The minimum Gasteiger partial charge on any atom is -0.328 e. The van der Waals surface area contributed by atoms with Crippen molar-refractivity contribution < 1.29 is 4.48 Å². The van der Waals surface area contributed by atoms with Gasteiger partial charge in [0.05, 0.1) is 27.2 Å². The summed E-state index contributed by atoms with van der Waals surface area (Å²) in [5, 5.41) is 0. The van der Waals surface area contributed by atoms with E-state index in [1.54, 1.807) is 0 Å². The summed E-state index contributed by atoms with van der Waals surface area (Å²) in [7, 11) is 6.96. The molecule has 0 unspecified atom stereocenters. The molecule has 0 radical (unpaired) electrons. The van der Waals surface area contributed by atoms with Crippen molar-refractivity contribution in [1.29, 1.82) is 0 Å². The second kappa shape index (κ2) is 4.40. The summed E-state index contributed by atoms with van der Waals surface area (Å²) in [6, 6.07) is 0.879. The minimum atomic E-state index is 0.879. The molecule has 2 aliphatic rings. The Balaban J connectivity index is 1.80. The first-order chi connectivity index (χ1) is 7.07. The van der Waals surface area contributed by atoms with E-state index in [0.29, 0.717) is 0 Å². The highest BCUT2D eigenvalue weighted by Crippen LogP contribution is 2.20. The Bertz CT molecular complexity index is 197. The molecule has 0 amide bonds. The van der Waals surface area contributed by atoms with Crippen molar-refractivity contribution in [1.82, 2.24) is 9.80 Å². The maximum Gasteiger partial charge on any atom is 0.0797 e. The van der Waals surface area contributed by atoms with Crippen LogP contribution in [0.4, 0.5) is 0 Å². The Hall–Kier alpha value is -0.120. The van der Waals surface area contributed by atoms with Crippen LogP contribution in [0.15, 0.2) is 0 Å². The van der Waals surface area contributed by atoms with Crippen molar-refractivity contribution in [2.24, 2.45) is 0 Å².